The Hall–Kier alpha value is -1.07. The SMILES string of the molecule is COc1cc(Cl)c(Cl)c(C=O)c1OC(F)F. The molecule has 0 aliphatic carbocycles. The number of rotatable bonds is 4. The predicted octanol–water partition coefficient (Wildman–Crippen LogP) is 3.42. The quantitative estimate of drug-likeness (QED) is 0.787. The van der Waals surface area contributed by atoms with Crippen molar-refractivity contribution in [1.29, 1.82) is 0 Å². The van der Waals surface area contributed by atoms with Crippen LogP contribution in [-0.4, -0.2) is 20.0 Å². The number of alkyl halides is 2. The van der Waals surface area contributed by atoms with Crippen molar-refractivity contribution < 1.29 is 23.0 Å². The molecule has 7 heteroatoms. The van der Waals surface area contributed by atoms with E-state index in [2.05, 4.69) is 4.74 Å². The van der Waals surface area contributed by atoms with Gasteiger partial charge in [-0.15, -0.1) is 0 Å². The molecule has 0 spiro atoms. The molecule has 0 N–H and O–H groups in total. The monoisotopic (exact) mass is 270 g/mol. The van der Waals surface area contributed by atoms with Crippen molar-refractivity contribution in [3.8, 4) is 11.5 Å². The number of ether oxygens (including phenoxy) is 2. The molecular weight excluding hydrogens is 265 g/mol. The van der Waals surface area contributed by atoms with Gasteiger partial charge in [-0.25, -0.2) is 0 Å². The zero-order chi connectivity index (χ0) is 12.3. The summed E-state index contributed by atoms with van der Waals surface area (Å²) in [6.45, 7) is -3.09. The number of aldehydes is 1. The molecule has 1 rings (SSSR count). The molecule has 0 heterocycles. The van der Waals surface area contributed by atoms with Crippen LogP contribution in [0.4, 0.5) is 8.78 Å². The maximum absolute atomic E-state index is 12.1. The van der Waals surface area contributed by atoms with Crippen LogP contribution in [-0.2, 0) is 0 Å². The summed E-state index contributed by atoms with van der Waals surface area (Å²) >= 11 is 11.3. The minimum absolute atomic E-state index is 0.0160. The molecule has 1 aromatic rings. The van der Waals surface area contributed by atoms with Crippen molar-refractivity contribution in [3.63, 3.8) is 0 Å². The first kappa shape index (κ1) is 13.0. The highest BCUT2D eigenvalue weighted by molar-refractivity contribution is 6.43. The summed E-state index contributed by atoms with van der Waals surface area (Å²) in [5.74, 6) is -0.515. The number of methoxy groups -OCH3 is 1. The van der Waals surface area contributed by atoms with Gasteiger partial charge in [0, 0.05) is 6.07 Å². The van der Waals surface area contributed by atoms with E-state index in [9.17, 15) is 13.6 Å². The van der Waals surface area contributed by atoms with Crippen molar-refractivity contribution in [2.24, 2.45) is 0 Å². The molecule has 0 atom stereocenters. The molecule has 0 aliphatic rings. The van der Waals surface area contributed by atoms with E-state index in [4.69, 9.17) is 27.9 Å². The second-order valence-corrected chi connectivity index (χ2v) is 3.40. The van der Waals surface area contributed by atoms with E-state index < -0.39 is 12.4 Å². The Morgan fingerprint density at radius 3 is 2.50 bits per heavy atom. The molecule has 3 nitrogen and oxygen atoms in total. The van der Waals surface area contributed by atoms with E-state index in [-0.39, 0.29) is 27.6 Å². The van der Waals surface area contributed by atoms with Gasteiger partial charge in [-0.3, -0.25) is 4.79 Å². The predicted molar refractivity (Wildman–Crippen MR) is 55.0 cm³/mol. The van der Waals surface area contributed by atoms with Crippen LogP contribution < -0.4 is 9.47 Å². The molecule has 0 saturated carbocycles. The van der Waals surface area contributed by atoms with Gasteiger partial charge in [0.05, 0.1) is 22.7 Å². The smallest absolute Gasteiger partial charge is 0.387 e. The van der Waals surface area contributed by atoms with Crippen LogP contribution in [0.3, 0.4) is 0 Å². The molecule has 0 fully saturated rings. The second-order valence-electron chi connectivity index (χ2n) is 2.61. The zero-order valence-corrected chi connectivity index (χ0v) is 9.48. The normalized spacial score (nSPS) is 10.4. The number of halogens is 4. The molecule has 0 saturated heterocycles. The molecular formula is C9H6Cl2F2O3. The fourth-order valence-electron chi connectivity index (χ4n) is 1.07. The summed E-state index contributed by atoms with van der Waals surface area (Å²) in [5.41, 5.74) is -0.272. The van der Waals surface area contributed by atoms with Gasteiger partial charge in [0.15, 0.2) is 17.8 Å². The van der Waals surface area contributed by atoms with Crippen LogP contribution in [0.25, 0.3) is 0 Å². The summed E-state index contributed by atoms with van der Waals surface area (Å²) in [6.07, 6.45) is 0.272. The van der Waals surface area contributed by atoms with Gasteiger partial charge in [0.2, 0.25) is 0 Å². The van der Waals surface area contributed by atoms with Crippen LogP contribution in [0.5, 0.6) is 11.5 Å². The van der Waals surface area contributed by atoms with Gasteiger partial charge in [-0.1, -0.05) is 23.2 Å². The molecule has 16 heavy (non-hydrogen) atoms. The third-order valence-corrected chi connectivity index (χ3v) is 2.52. The first-order valence-corrected chi connectivity index (χ1v) is 4.72. The first-order valence-electron chi connectivity index (χ1n) is 3.97. The number of hydrogen-bond donors (Lipinski definition) is 0. The van der Waals surface area contributed by atoms with E-state index in [0.29, 0.717) is 0 Å². The maximum Gasteiger partial charge on any atom is 0.387 e. The Morgan fingerprint density at radius 2 is 2.06 bits per heavy atom. The third kappa shape index (κ3) is 2.54. The molecule has 0 aliphatic heterocycles. The van der Waals surface area contributed by atoms with E-state index in [1.807, 2.05) is 0 Å². The minimum atomic E-state index is -3.09. The number of carbonyl (C=O) groups is 1. The van der Waals surface area contributed by atoms with Gasteiger partial charge < -0.3 is 9.47 Å². The Bertz CT molecular complexity index is 410. The standard InChI is InChI=1S/C9H6Cl2F2O3/c1-15-6-2-5(10)7(11)4(3-14)8(6)16-9(12)13/h2-3,9H,1H3. The highest BCUT2D eigenvalue weighted by Gasteiger charge is 2.20. The van der Waals surface area contributed by atoms with Crippen molar-refractivity contribution >= 4 is 29.5 Å². The molecule has 0 amide bonds. The van der Waals surface area contributed by atoms with Crippen LogP contribution >= 0.6 is 23.2 Å². The first-order chi connectivity index (χ1) is 7.51. The summed E-state index contributed by atoms with van der Waals surface area (Å²) in [6, 6.07) is 1.19. The molecule has 1 aromatic carbocycles. The number of benzene rings is 1. The highest BCUT2D eigenvalue weighted by Crippen LogP contribution is 2.40. The summed E-state index contributed by atoms with van der Waals surface area (Å²) in [5, 5.41) is -0.143. The Kier molecular flexibility index (Phi) is 4.32. The average Bonchev–Trinajstić information content (AvgIpc) is 2.23. The topological polar surface area (TPSA) is 35.5 Å². The third-order valence-electron chi connectivity index (χ3n) is 1.72. The molecule has 0 aromatic heterocycles. The highest BCUT2D eigenvalue weighted by atomic mass is 35.5. The lowest BCUT2D eigenvalue weighted by atomic mass is 10.2. The van der Waals surface area contributed by atoms with Crippen molar-refractivity contribution in [3.05, 3.63) is 21.7 Å². The van der Waals surface area contributed by atoms with E-state index in [0.717, 1.165) is 0 Å². The summed E-state index contributed by atoms with van der Waals surface area (Å²) in [4.78, 5) is 10.7. The largest absolute Gasteiger partial charge is 0.493 e. The van der Waals surface area contributed by atoms with Crippen LogP contribution in [0.2, 0.25) is 10.0 Å². The fraction of sp³-hybridized carbons (Fsp3) is 0.222. The van der Waals surface area contributed by atoms with Crippen molar-refractivity contribution in [1.82, 2.24) is 0 Å². The van der Waals surface area contributed by atoms with E-state index in [1.54, 1.807) is 0 Å². The zero-order valence-electron chi connectivity index (χ0n) is 7.97. The van der Waals surface area contributed by atoms with Gasteiger partial charge in [0.1, 0.15) is 0 Å². The van der Waals surface area contributed by atoms with Gasteiger partial charge in [-0.2, -0.15) is 8.78 Å². The van der Waals surface area contributed by atoms with Crippen molar-refractivity contribution in [2.75, 3.05) is 7.11 Å². The maximum atomic E-state index is 12.1. The van der Waals surface area contributed by atoms with Crippen LogP contribution in [0, 0.1) is 0 Å². The van der Waals surface area contributed by atoms with Gasteiger partial charge in [-0.05, 0) is 0 Å². The number of carbonyl (C=O) groups excluding carboxylic acids is 1. The van der Waals surface area contributed by atoms with Crippen LogP contribution in [0.1, 0.15) is 10.4 Å². The molecule has 0 unspecified atom stereocenters. The molecule has 0 bridgehead atoms. The lowest BCUT2D eigenvalue weighted by Gasteiger charge is -2.13. The fourth-order valence-corrected chi connectivity index (χ4v) is 1.46. The summed E-state index contributed by atoms with van der Waals surface area (Å²) < 4.78 is 33.2. The van der Waals surface area contributed by atoms with Crippen LogP contribution in [0.15, 0.2) is 6.07 Å². The Balaban J connectivity index is 3.40. The average molecular weight is 271 g/mol. The van der Waals surface area contributed by atoms with Crippen molar-refractivity contribution in [2.45, 2.75) is 6.61 Å². The second kappa shape index (κ2) is 5.32. The van der Waals surface area contributed by atoms with E-state index in [1.165, 1.54) is 13.2 Å². The lowest BCUT2D eigenvalue weighted by molar-refractivity contribution is -0.0514. The Labute approximate surface area is 99.9 Å². The Morgan fingerprint density at radius 1 is 1.44 bits per heavy atom. The number of hydrogen-bond acceptors (Lipinski definition) is 3. The molecule has 88 valence electrons. The van der Waals surface area contributed by atoms with Gasteiger partial charge >= 0.3 is 6.61 Å². The van der Waals surface area contributed by atoms with E-state index >= 15 is 0 Å². The minimum Gasteiger partial charge on any atom is -0.493 e. The molecule has 0 radical (unpaired) electrons. The lowest BCUT2D eigenvalue weighted by Crippen LogP contribution is -2.06. The summed E-state index contributed by atoms with van der Waals surface area (Å²) in [7, 11) is 1.23. The van der Waals surface area contributed by atoms with Gasteiger partial charge in [0.25, 0.3) is 0 Å².